The highest BCUT2D eigenvalue weighted by Crippen LogP contribution is 2.33. The zero-order valence-corrected chi connectivity index (χ0v) is 19.0. The number of ether oxygens (including phenoxy) is 4. The van der Waals surface area contributed by atoms with Crippen LogP contribution in [0.1, 0.15) is 25.0 Å². The van der Waals surface area contributed by atoms with Crippen LogP contribution in [0.5, 0.6) is 11.5 Å². The third-order valence-electron chi connectivity index (χ3n) is 4.94. The van der Waals surface area contributed by atoms with E-state index in [1.165, 1.54) is 0 Å². The summed E-state index contributed by atoms with van der Waals surface area (Å²) >= 11 is 0. The van der Waals surface area contributed by atoms with Gasteiger partial charge in [-0.25, -0.2) is 9.59 Å². The Hall–Kier alpha value is -3.58. The predicted octanol–water partition coefficient (Wildman–Crippen LogP) is 3.59. The Bertz CT molecular complexity index is 930. The molecule has 0 spiro atoms. The van der Waals surface area contributed by atoms with E-state index in [0.717, 1.165) is 23.3 Å². The Morgan fingerprint density at radius 1 is 0.818 bits per heavy atom. The van der Waals surface area contributed by atoms with Crippen LogP contribution < -0.4 is 9.47 Å². The van der Waals surface area contributed by atoms with E-state index in [-0.39, 0.29) is 31.8 Å². The van der Waals surface area contributed by atoms with E-state index >= 15 is 0 Å². The number of carbonyl (C=O) groups is 2. The van der Waals surface area contributed by atoms with Gasteiger partial charge < -0.3 is 24.1 Å². The molecule has 0 saturated carbocycles. The van der Waals surface area contributed by atoms with Crippen molar-refractivity contribution in [1.82, 2.24) is 0 Å². The van der Waals surface area contributed by atoms with Crippen molar-refractivity contribution < 1.29 is 33.6 Å². The van der Waals surface area contributed by atoms with Crippen LogP contribution in [0.15, 0.2) is 73.8 Å². The average molecular weight is 455 g/mol. The molecule has 0 aliphatic rings. The SMILES string of the molecule is C=CC(=O)OCCOc1ccc(C(C)(C)c2ccc(OCC(O)COC(=O)C=C)cc2)cc1. The summed E-state index contributed by atoms with van der Waals surface area (Å²) in [6.45, 7) is 11.1. The third-order valence-corrected chi connectivity index (χ3v) is 4.94. The van der Waals surface area contributed by atoms with Crippen molar-refractivity contribution in [3.8, 4) is 11.5 Å². The van der Waals surface area contributed by atoms with Crippen LogP contribution in [0.2, 0.25) is 0 Å². The fourth-order valence-electron chi connectivity index (χ4n) is 2.94. The van der Waals surface area contributed by atoms with Crippen molar-refractivity contribution >= 4 is 11.9 Å². The lowest BCUT2D eigenvalue weighted by molar-refractivity contribution is -0.141. The molecule has 0 aliphatic carbocycles. The molecule has 2 aromatic carbocycles. The fraction of sp³-hybridized carbons (Fsp3) is 0.308. The van der Waals surface area contributed by atoms with E-state index in [1.807, 2.05) is 48.5 Å². The highest BCUT2D eigenvalue weighted by atomic mass is 16.6. The van der Waals surface area contributed by atoms with Gasteiger partial charge in [-0.1, -0.05) is 51.3 Å². The minimum absolute atomic E-state index is 0.00140. The van der Waals surface area contributed by atoms with E-state index in [2.05, 4.69) is 27.0 Å². The first-order valence-electron chi connectivity index (χ1n) is 10.5. The summed E-state index contributed by atoms with van der Waals surface area (Å²) in [5, 5.41) is 9.84. The summed E-state index contributed by atoms with van der Waals surface area (Å²) in [6.07, 6.45) is 1.22. The first-order chi connectivity index (χ1) is 15.8. The number of esters is 2. The summed E-state index contributed by atoms with van der Waals surface area (Å²) in [5.41, 5.74) is 1.91. The Morgan fingerprint density at radius 3 is 1.82 bits per heavy atom. The molecule has 0 bridgehead atoms. The van der Waals surface area contributed by atoms with Gasteiger partial charge in [0.25, 0.3) is 0 Å². The van der Waals surface area contributed by atoms with Gasteiger partial charge in [0.05, 0.1) is 0 Å². The maximum absolute atomic E-state index is 11.0. The van der Waals surface area contributed by atoms with Crippen molar-refractivity contribution in [2.45, 2.75) is 25.4 Å². The smallest absolute Gasteiger partial charge is 0.330 e. The lowest BCUT2D eigenvalue weighted by Gasteiger charge is -2.26. The maximum Gasteiger partial charge on any atom is 0.330 e. The predicted molar refractivity (Wildman–Crippen MR) is 124 cm³/mol. The Labute approximate surface area is 194 Å². The molecule has 0 saturated heterocycles. The molecular weight excluding hydrogens is 424 g/mol. The molecule has 0 amide bonds. The molecule has 1 atom stereocenters. The Morgan fingerprint density at radius 2 is 1.30 bits per heavy atom. The maximum atomic E-state index is 11.0. The van der Waals surface area contributed by atoms with Gasteiger partial charge in [-0.3, -0.25) is 0 Å². The van der Waals surface area contributed by atoms with Crippen molar-refractivity contribution in [1.29, 1.82) is 0 Å². The topological polar surface area (TPSA) is 91.3 Å². The van der Waals surface area contributed by atoms with Gasteiger partial charge in [0.2, 0.25) is 0 Å². The second-order valence-electron chi connectivity index (χ2n) is 7.69. The molecule has 0 radical (unpaired) electrons. The molecule has 7 nitrogen and oxygen atoms in total. The molecule has 1 N–H and O–H groups in total. The minimum Gasteiger partial charge on any atom is -0.491 e. The summed E-state index contributed by atoms with van der Waals surface area (Å²) in [4.78, 5) is 22.1. The van der Waals surface area contributed by atoms with Crippen LogP contribution in [-0.4, -0.2) is 49.6 Å². The Balaban J connectivity index is 1.89. The number of carbonyl (C=O) groups excluding carboxylic acids is 2. The molecular formula is C26H30O7. The number of aliphatic hydroxyl groups excluding tert-OH is 1. The van der Waals surface area contributed by atoms with Gasteiger partial charge >= 0.3 is 11.9 Å². The van der Waals surface area contributed by atoms with E-state index in [0.29, 0.717) is 11.5 Å². The monoisotopic (exact) mass is 454 g/mol. The number of hydrogen-bond donors (Lipinski definition) is 1. The highest BCUT2D eigenvalue weighted by molar-refractivity contribution is 5.81. The van der Waals surface area contributed by atoms with Crippen molar-refractivity contribution in [2.75, 3.05) is 26.4 Å². The number of benzene rings is 2. The zero-order chi connectivity index (χ0) is 24.3. The van der Waals surface area contributed by atoms with Gasteiger partial charge in [-0.2, -0.15) is 0 Å². The largest absolute Gasteiger partial charge is 0.491 e. The van der Waals surface area contributed by atoms with Crippen LogP contribution in [0.3, 0.4) is 0 Å². The van der Waals surface area contributed by atoms with Crippen LogP contribution in [-0.2, 0) is 24.5 Å². The first-order valence-corrected chi connectivity index (χ1v) is 10.5. The second-order valence-corrected chi connectivity index (χ2v) is 7.69. The highest BCUT2D eigenvalue weighted by Gasteiger charge is 2.23. The van der Waals surface area contributed by atoms with Crippen molar-refractivity contribution in [2.24, 2.45) is 0 Å². The van der Waals surface area contributed by atoms with Crippen LogP contribution in [0, 0.1) is 0 Å². The summed E-state index contributed by atoms with van der Waals surface area (Å²) < 4.78 is 20.8. The Kier molecular flexibility index (Phi) is 9.69. The zero-order valence-electron chi connectivity index (χ0n) is 19.0. The molecule has 33 heavy (non-hydrogen) atoms. The lowest BCUT2D eigenvalue weighted by atomic mass is 9.78. The molecule has 0 heterocycles. The number of hydrogen-bond acceptors (Lipinski definition) is 7. The normalized spacial score (nSPS) is 11.7. The summed E-state index contributed by atoms with van der Waals surface area (Å²) in [6, 6.07) is 15.4. The number of rotatable bonds is 13. The molecule has 1 unspecified atom stereocenters. The number of aliphatic hydroxyl groups is 1. The average Bonchev–Trinajstić information content (AvgIpc) is 2.84. The van der Waals surface area contributed by atoms with E-state index in [4.69, 9.17) is 18.9 Å². The quantitative estimate of drug-likeness (QED) is 0.281. The lowest BCUT2D eigenvalue weighted by Crippen LogP contribution is -2.24. The first kappa shape index (κ1) is 25.7. The standard InChI is InChI=1S/C26H30O7/c1-5-24(28)31-16-15-30-22-11-7-19(8-12-22)26(3,4)20-9-13-23(14-10-20)32-17-21(27)18-33-25(29)6-2/h5-14,21,27H,1-2,15-18H2,3-4H3. The molecule has 0 aliphatic heterocycles. The summed E-state index contributed by atoms with van der Waals surface area (Å²) in [5.74, 6) is 0.224. The molecule has 7 heteroatoms. The van der Waals surface area contributed by atoms with Gasteiger partial charge in [0.1, 0.15) is 44.0 Å². The van der Waals surface area contributed by atoms with Crippen LogP contribution in [0.4, 0.5) is 0 Å². The minimum atomic E-state index is -0.931. The van der Waals surface area contributed by atoms with Gasteiger partial charge in [-0.05, 0) is 35.4 Å². The van der Waals surface area contributed by atoms with E-state index in [9.17, 15) is 14.7 Å². The molecule has 2 aromatic rings. The molecule has 176 valence electrons. The molecule has 2 rings (SSSR count). The van der Waals surface area contributed by atoms with Crippen molar-refractivity contribution in [3.05, 3.63) is 85.0 Å². The van der Waals surface area contributed by atoms with Crippen LogP contribution >= 0.6 is 0 Å². The fourth-order valence-corrected chi connectivity index (χ4v) is 2.94. The van der Waals surface area contributed by atoms with E-state index in [1.54, 1.807) is 0 Å². The van der Waals surface area contributed by atoms with Crippen LogP contribution in [0.25, 0.3) is 0 Å². The summed E-state index contributed by atoms with van der Waals surface area (Å²) in [7, 11) is 0. The van der Waals surface area contributed by atoms with Gasteiger partial charge in [0.15, 0.2) is 0 Å². The van der Waals surface area contributed by atoms with E-state index < -0.39 is 18.0 Å². The van der Waals surface area contributed by atoms with Gasteiger partial charge in [-0.15, -0.1) is 0 Å². The molecule has 0 aromatic heterocycles. The third kappa shape index (κ3) is 8.12. The van der Waals surface area contributed by atoms with Gasteiger partial charge in [0, 0.05) is 17.6 Å². The second kappa shape index (κ2) is 12.5. The molecule has 0 fully saturated rings. The van der Waals surface area contributed by atoms with Crippen molar-refractivity contribution in [3.63, 3.8) is 0 Å².